The van der Waals surface area contributed by atoms with Crippen LogP contribution in [0.25, 0.3) is 0 Å². The normalized spacial score (nSPS) is 16.8. The molecule has 0 bridgehead atoms. The summed E-state index contributed by atoms with van der Waals surface area (Å²) in [5.41, 5.74) is 0.222. The van der Waals surface area contributed by atoms with Crippen molar-refractivity contribution in [2.45, 2.75) is 77.7 Å². The fourth-order valence-corrected chi connectivity index (χ4v) is 1.84. The molecule has 2 N–H and O–H groups in total. The van der Waals surface area contributed by atoms with Gasteiger partial charge < -0.3 is 9.84 Å². The van der Waals surface area contributed by atoms with Crippen molar-refractivity contribution >= 4 is 5.97 Å². The van der Waals surface area contributed by atoms with E-state index in [0.717, 1.165) is 19.4 Å². The van der Waals surface area contributed by atoms with E-state index in [1.165, 1.54) is 32.1 Å². The number of carboxylic acid groups (broad SMARTS) is 1. The van der Waals surface area contributed by atoms with E-state index in [0.29, 0.717) is 13.2 Å². The zero-order chi connectivity index (χ0) is 14.6. The Balaban J connectivity index is 0.000000388. The highest BCUT2D eigenvalue weighted by atomic mass is 16.5. The molecule has 4 nitrogen and oxygen atoms in total. The highest BCUT2D eigenvalue weighted by Crippen LogP contribution is 2.08. The summed E-state index contributed by atoms with van der Waals surface area (Å²) >= 11 is 0. The van der Waals surface area contributed by atoms with Gasteiger partial charge in [0.1, 0.15) is 0 Å². The van der Waals surface area contributed by atoms with Crippen LogP contribution in [0.15, 0.2) is 0 Å². The van der Waals surface area contributed by atoms with E-state index in [1.54, 1.807) is 0 Å². The third-order valence-corrected chi connectivity index (χ3v) is 3.11. The van der Waals surface area contributed by atoms with E-state index in [2.05, 4.69) is 26.1 Å². The minimum absolute atomic E-state index is 0.222. The molecule has 0 aromatic heterocycles. The fourth-order valence-electron chi connectivity index (χ4n) is 1.84. The standard InChI is InChI=1S/C10H20O2.C5H11NO/c1-2-3-4-5-6-7-8-9-10(11)12;1-5(2)3-7-4-6-5/h2-9H2,1H3,(H,11,12);6H,3-4H2,1-2H3. The van der Waals surface area contributed by atoms with Crippen molar-refractivity contribution in [2.24, 2.45) is 0 Å². The molecule has 1 rings (SSSR count). The van der Waals surface area contributed by atoms with E-state index in [4.69, 9.17) is 9.84 Å². The van der Waals surface area contributed by atoms with Gasteiger partial charge in [-0.3, -0.25) is 10.1 Å². The second-order valence-corrected chi connectivity index (χ2v) is 5.82. The van der Waals surface area contributed by atoms with Gasteiger partial charge in [-0.2, -0.15) is 0 Å². The first-order chi connectivity index (χ1) is 8.98. The highest BCUT2D eigenvalue weighted by Gasteiger charge is 2.21. The zero-order valence-electron chi connectivity index (χ0n) is 12.8. The van der Waals surface area contributed by atoms with Crippen LogP contribution in [0.4, 0.5) is 0 Å². The number of rotatable bonds is 8. The fraction of sp³-hybridized carbons (Fsp3) is 0.933. The molecule has 19 heavy (non-hydrogen) atoms. The van der Waals surface area contributed by atoms with Crippen molar-refractivity contribution in [3.05, 3.63) is 0 Å². The van der Waals surface area contributed by atoms with Gasteiger partial charge in [-0.15, -0.1) is 0 Å². The first-order valence-electron chi connectivity index (χ1n) is 7.52. The van der Waals surface area contributed by atoms with Crippen molar-refractivity contribution in [2.75, 3.05) is 13.3 Å². The van der Waals surface area contributed by atoms with E-state index >= 15 is 0 Å². The van der Waals surface area contributed by atoms with Gasteiger partial charge in [-0.1, -0.05) is 45.4 Å². The largest absolute Gasteiger partial charge is 0.481 e. The van der Waals surface area contributed by atoms with Gasteiger partial charge in [0.15, 0.2) is 0 Å². The van der Waals surface area contributed by atoms with Gasteiger partial charge in [0.2, 0.25) is 0 Å². The summed E-state index contributed by atoms with van der Waals surface area (Å²) in [6.07, 6.45) is 8.64. The first kappa shape index (κ1) is 18.4. The maximum atomic E-state index is 10.1. The van der Waals surface area contributed by atoms with E-state index in [1.807, 2.05) is 0 Å². The SMILES string of the molecule is CC1(C)COCN1.CCCCCCCCCC(=O)O. The van der Waals surface area contributed by atoms with E-state index in [9.17, 15) is 4.79 Å². The molecule has 0 atom stereocenters. The maximum Gasteiger partial charge on any atom is 0.303 e. The van der Waals surface area contributed by atoms with Crippen LogP contribution in [0.1, 0.15) is 72.1 Å². The third kappa shape index (κ3) is 13.6. The van der Waals surface area contributed by atoms with Crippen LogP contribution in [0.3, 0.4) is 0 Å². The Labute approximate surface area is 117 Å². The third-order valence-electron chi connectivity index (χ3n) is 3.11. The molecule has 0 saturated carbocycles. The Morgan fingerprint density at radius 2 is 1.74 bits per heavy atom. The molecule has 1 saturated heterocycles. The molecule has 0 radical (unpaired) electrons. The molecule has 4 heteroatoms. The van der Waals surface area contributed by atoms with Gasteiger partial charge in [-0.25, -0.2) is 0 Å². The van der Waals surface area contributed by atoms with Gasteiger partial charge in [-0.05, 0) is 20.3 Å². The number of carboxylic acids is 1. The molecule has 0 unspecified atom stereocenters. The molecule has 1 heterocycles. The summed E-state index contributed by atoms with van der Waals surface area (Å²) < 4.78 is 5.05. The van der Waals surface area contributed by atoms with Crippen LogP contribution in [0.2, 0.25) is 0 Å². The molecule has 0 aromatic carbocycles. The van der Waals surface area contributed by atoms with Crippen LogP contribution in [-0.2, 0) is 9.53 Å². The van der Waals surface area contributed by atoms with Crippen LogP contribution >= 0.6 is 0 Å². The van der Waals surface area contributed by atoms with Crippen molar-refractivity contribution in [3.63, 3.8) is 0 Å². The number of nitrogens with one attached hydrogen (secondary N) is 1. The summed E-state index contributed by atoms with van der Waals surface area (Å²) in [6, 6.07) is 0. The quantitative estimate of drug-likeness (QED) is 0.664. The summed E-state index contributed by atoms with van der Waals surface area (Å²) in [6.45, 7) is 8.00. The van der Waals surface area contributed by atoms with Crippen LogP contribution in [-0.4, -0.2) is 30.0 Å². The average Bonchev–Trinajstić information content (AvgIpc) is 2.73. The Morgan fingerprint density at radius 1 is 1.16 bits per heavy atom. The van der Waals surface area contributed by atoms with Crippen molar-refractivity contribution in [3.8, 4) is 0 Å². The number of ether oxygens (including phenoxy) is 1. The molecule has 114 valence electrons. The molecule has 0 spiro atoms. The zero-order valence-corrected chi connectivity index (χ0v) is 12.8. The monoisotopic (exact) mass is 273 g/mol. The lowest BCUT2D eigenvalue weighted by Crippen LogP contribution is -2.34. The summed E-state index contributed by atoms with van der Waals surface area (Å²) in [5, 5.41) is 11.5. The van der Waals surface area contributed by atoms with E-state index < -0.39 is 5.97 Å². The number of unbranched alkanes of at least 4 members (excludes halogenated alkanes) is 6. The van der Waals surface area contributed by atoms with Gasteiger partial charge in [0.05, 0.1) is 13.3 Å². The molecule has 0 aromatic rings. The predicted octanol–water partition coefficient (Wildman–Crippen LogP) is 3.55. The molecule has 1 aliphatic heterocycles. The molecular formula is C15H31NO3. The second-order valence-electron chi connectivity index (χ2n) is 5.82. The average molecular weight is 273 g/mol. The number of aliphatic carboxylic acids is 1. The predicted molar refractivity (Wildman–Crippen MR) is 78.3 cm³/mol. The van der Waals surface area contributed by atoms with Crippen LogP contribution < -0.4 is 5.32 Å². The van der Waals surface area contributed by atoms with Gasteiger partial charge >= 0.3 is 5.97 Å². The summed E-state index contributed by atoms with van der Waals surface area (Å²) in [7, 11) is 0. The Morgan fingerprint density at radius 3 is 2.11 bits per heavy atom. The lowest BCUT2D eigenvalue weighted by Gasteiger charge is -2.12. The number of hydrogen-bond acceptors (Lipinski definition) is 3. The summed E-state index contributed by atoms with van der Waals surface area (Å²) in [5.74, 6) is -0.663. The minimum atomic E-state index is -0.663. The molecule has 0 amide bonds. The Bertz CT molecular complexity index is 221. The van der Waals surface area contributed by atoms with Crippen molar-refractivity contribution < 1.29 is 14.6 Å². The first-order valence-corrected chi connectivity index (χ1v) is 7.52. The number of hydrogen-bond donors (Lipinski definition) is 2. The minimum Gasteiger partial charge on any atom is -0.481 e. The molecular weight excluding hydrogens is 242 g/mol. The molecule has 1 aliphatic rings. The molecule has 1 fully saturated rings. The van der Waals surface area contributed by atoms with E-state index in [-0.39, 0.29) is 5.54 Å². The van der Waals surface area contributed by atoms with Gasteiger partial charge in [0.25, 0.3) is 0 Å². The van der Waals surface area contributed by atoms with Crippen LogP contribution in [0, 0.1) is 0 Å². The topological polar surface area (TPSA) is 58.6 Å². The van der Waals surface area contributed by atoms with Crippen molar-refractivity contribution in [1.29, 1.82) is 0 Å². The lowest BCUT2D eigenvalue weighted by atomic mass is 10.1. The number of carbonyl (C=O) groups is 1. The highest BCUT2D eigenvalue weighted by molar-refractivity contribution is 5.66. The maximum absolute atomic E-state index is 10.1. The molecule has 0 aliphatic carbocycles. The Kier molecular flexibility index (Phi) is 10.9. The lowest BCUT2D eigenvalue weighted by molar-refractivity contribution is -0.137. The second kappa shape index (κ2) is 11.2. The Hall–Kier alpha value is -0.610. The van der Waals surface area contributed by atoms with Gasteiger partial charge in [0, 0.05) is 12.0 Å². The van der Waals surface area contributed by atoms with Crippen molar-refractivity contribution in [1.82, 2.24) is 5.32 Å². The van der Waals surface area contributed by atoms with Crippen LogP contribution in [0.5, 0.6) is 0 Å². The smallest absolute Gasteiger partial charge is 0.303 e. The summed E-state index contributed by atoms with van der Waals surface area (Å²) in [4.78, 5) is 10.1.